The molecule has 0 spiro atoms. The van der Waals surface area contributed by atoms with E-state index in [1.807, 2.05) is 31.3 Å². The van der Waals surface area contributed by atoms with Gasteiger partial charge in [-0.2, -0.15) is 0 Å². The number of ether oxygens (including phenoxy) is 1. The summed E-state index contributed by atoms with van der Waals surface area (Å²) in [7, 11) is 0. The van der Waals surface area contributed by atoms with Crippen molar-refractivity contribution in [2.24, 2.45) is 0 Å². The van der Waals surface area contributed by atoms with E-state index in [1.54, 1.807) is 0 Å². The minimum atomic E-state index is -0.414. The quantitative estimate of drug-likeness (QED) is 0.944. The molecule has 1 aromatic carbocycles. The number of carbonyl (C=O) groups excluding carboxylic acids is 1. The fourth-order valence-corrected chi connectivity index (χ4v) is 2.75. The van der Waals surface area contributed by atoms with E-state index in [4.69, 9.17) is 4.74 Å². The lowest BCUT2D eigenvalue weighted by Crippen LogP contribution is -2.38. The van der Waals surface area contributed by atoms with Gasteiger partial charge < -0.3 is 10.1 Å². The van der Waals surface area contributed by atoms with Crippen LogP contribution in [0.5, 0.6) is 5.75 Å². The van der Waals surface area contributed by atoms with Gasteiger partial charge in [0.05, 0.1) is 0 Å². The third-order valence-corrected chi connectivity index (χ3v) is 4.33. The van der Waals surface area contributed by atoms with Gasteiger partial charge in [-0.1, -0.05) is 12.1 Å². The van der Waals surface area contributed by atoms with E-state index in [-0.39, 0.29) is 5.91 Å². The minimum absolute atomic E-state index is 0.0448. The molecule has 4 heteroatoms. The molecule has 0 bridgehead atoms. The number of rotatable bonds is 4. The Morgan fingerprint density at radius 1 is 1.26 bits per heavy atom. The molecule has 2 heterocycles. The van der Waals surface area contributed by atoms with E-state index in [9.17, 15) is 4.79 Å². The number of hydrogen-bond acceptors (Lipinski definition) is 3. The van der Waals surface area contributed by atoms with Crippen LogP contribution < -0.4 is 10.1 Å². The molecular formula is C19H22N2O2. The van der Waals surface area contributed by atoms with Crippen molar-refractivity contribution in [1.82, 2.24) is 10.3 Å². The van der Waals surface area contributed by atoms with Gasteiger partial charge in [0.1, 0.15) is 5.75 Å². The van der Waals surface area contributed by atoms with E-state index < -0.39 is 6.10 Å². The van der Waals surface area contributed by atoms with Gasteiger partial charge in [-0.25, -0.2) is 0 Å². The molecule has 1 unspecified atom stereocenters. The van der Waals surface area contributed by atoms with E-state index >= 15 is 0 Å². The van der Waals surface area contributed by atoms with Crippen LogP contribution in [0.4, 0.5) is 0 Å². The summed E-state index contributed by atoms with van der Waals surface area (Å²) in [6.45, 7) is 6.70. The van der Waals surface area contributed by atoms with E-state index in [0.717, 1.165) is 29.0 Å². The molecule has 3 rings (SSSR count). The first-order valence-corrected chi connectivity index (χ1v) is 7.99. The van der Waals surface area contributed by atoms with Crippen LogP contribution in [-0.2, 0) is 17.6 Å². The van der Waals surface area contributed by atoms with Gasteiger partial charge in [-0.15, -0.1) is 0 Å². The van der Waals surface area contributed by atoms with Crippen LogP contribution in [0, 0.1) is 20.8 Å². The Bertz CT molecular complexity index is 692. The zero-order valence-corrected chi connectivity index (χ0v) is 13.8. The first-order valence-electron chi connectivity index (χ1n) is 7.99. The number of benzene rings is 1. The number of aromatic nitrogens is 1. The Morgan fingerprint density at radius 3 is 2.78 bits per heavy atom. The highest BCUT2D eigenvalue weighted by Gasteiger charge is 2.29. The second-order valence-corrected chi connectivity index (χ2v) is 6.20. The van der Waals surface area contributed by atoms with Gasteiger partial charge in [-0.3, -0.25) is 9.78 Å². The molecule has 0 fully saturated rings. The Hall–Kier alpha value is -2.36. The standard InChI is InChI=1S/C19H22N2O2/c1-12-8-16-10-18(23-17(16)9-13(12)2)19(22)20-7-6-15-5-4-14(3)21-11-15/h4-5,8-9,11,18H,6-7,10H2,1-3H3,(H,20,22). The summed E-state index contributed by atoms with van der Waals surface area (Å²) in [5.74, 6) is 0.799. The molecule has 1 aliphatic rings. The average molecular weight is 310 g/mol. The topological polar surface area (TPSA) is 51.2 Å². The van der Waals surface area contributed by atoms with Crippen LogP contribution in [0.15, 0.2) is 30.5 Å². The van der Waals surface area contributed by atoms with E-state index in [2.05, 4.69) is 30.2 Å². The van der Waals surface area contributed by atoms with Crippen molar-refractivity contribution in [3.8, 4) is 5.75 Å². The molecule has 1 aliphatic heterocycles. The number of hydrogen-bond donors (Lipinski definition) is 1. The number of aryl methyl sites for hydroxylation is 3. The molecular weight excluding hydrogens is 288 g/mol. The van der Waals surface area contributed by atoms with Crippen molar-refractivity contribution in [3.63, 3.8) is 0 Å². The molecule has 1 amide bonds. The highest BCUT2D eigenvalue weighted by atomic mass is 16.5. The number of carbonyl (C=O) groups is 1. The summed E-state index contributed by atoms with van der Waals surface area (Å²) in [5.41, 5.74) is 5.67. The lowest BCUT2D eigenvalue weighted by Gasteiger charge is -2.11. The maximum Gasteiger partial charge on any atom is 0.261 e. The molecule has 0 saturated carbocycles. The molecule has 1 atom stereocenters. The molecule has 1 aromatic heterocycles. The number of nitrogens with one attached hydrogen (secondary N) is 1. The van der Waals surface area contributed by atoms with Crippen molar-refractivity contribution in [3.05, 3.63) is 58.4 Å². The minimum Gasteiger partial charge on any atom is -0.480 e. The van der Waals surface area contributed by atoms with Gasteiger partial charge in [-0.05, 0) is 61.6 Å². The summed E-state index contributed by atoms with van der Waals surface area (Å²) in [5, 5.41) is 2.96. The Labute approximate surface area is 136 Å². The zero-order chi connectivity index (χ0) is 16.4. The fourth-order valence-electron chi connectivity index (χ4n) is 2.75. The molecule has 23 heavy (non-hydrogen) atoms. The Morgan fingerprint density at radius 2 is 2.04 bits per heavy atom. The second kappa shape index (κ2) is 6.41. The number of fused-ring (bicyclic) bond motifs is 1. The van der Waals surface area contributed by atoms with Gasteiger partial charge in [0.2, 0.25) is 0 Å². The molecule has 2 aromatic rings. The highest BCUT2D eigenvalue weighted by molar-refractivity contribution is 5.82. The predicted octanol–water partition coefficient (Wildman–Crippen LogP) is 2.67. The largest absolute Gasteiger partial charge is 0.480 e. The summed E-state index contributed by atoms with van der Waals surface area (Å²) < 4.78 is 5.80. The predicted molar refractivity (Wildman–Crippen MR) is 89.7 cm³/mol. The van der Waals surface area contributed by atoms with Crippen LogP contribution in [0.3, 0.4) is 0 Å². The maximum atomic E-state index is 12.3. The molecule has 4 nitrogen and oxygen atoms in total. The van der Waals surface area contributed by atoms with Crippen LogP contribution in [0.1, 0.15) is 27.9 Å². The third-order valence-electron chi connectivity index (χ3n) is 4.33. The molecule has 120 valence electrons. The molecule has 1 N–H and O–H groups in total. The average Bonchev–Trinajstić information content (AvgIpc) is 2.92. The Balaban J connectivity index is 1.53. The van der Waals surface area contributed by atoms with Gasteiger partial charge in [0.15, 0.2) is 6.10 Å². The van der Waals surface area contributed by atoms with Crippen molar-refractivity contribution in [2.75, 3.05) is 6.54 Å². The smallest absolute Gasteiger partial charge is 0.261 e. The van der Waals surface area contributed by atoms with Crippen molar-refractivity contribution in [2.45, 2.75) is 39.7 Å². The summed E-state index contributed by atoms with van der Waals surface area (Å²) in [6, 6.07) is 8.17. The monoisotopic (exact) mass is 310 g/mol. The van der Waals surface area contributed by atoms with Crippen LogP contribution in [0.2, 0.25) is 0 Å². The van der Waals surface area contributed by atoms with E-state index in [1.165, 1.54) is 11.1 Å². The normalized spacial score (nSPS) is 15.9. The molecule has 0 radical (unpaired) electrons. The zero-order valence-electron chi connectivity index (χ0n) is 13.8. The van der Waals surface area contributed by atoms with Crippen molar-refractivity contribution >= 4 is 5.91 Å². The van der Waals surface area contributed by atoms with Gasteiger partial charge >= 0.3 is 0 Å². The van der Waals surface area contributed by atoms with Crippen molar-refractivity contribution < 1.29 is 9.53 Å². The lowest BCUT2D eigenvalue weighted by molar-refractivity contribution is -0.127. The molecule has 0 saturated heterocycles. The maximum absolute atomic E-state index is 12.3. The SMILES string of the molecule is Cc1ccc(CCNC(=O)C2Cc3cc(C)c(C)cc3O2)cn1. The van der Waals surface area contributed by atoms with Crippen LogP contribution >= 0.6 is 0 Å². The summed E-state index contributed by atoms with van der Waals surface area (Å²) in [6.07, 6.45) is 2.86. The summed E-state index contributed by atoms with van der Waals surface area (Å²) in [4.78, 5) is 16.5. The van der Waals surface area contributed by atoms with Gasteiger partial charge in [0.25, 0.3) is 5.91 Å². The molecule has 0 aliphatic carbocycles. The number of pyridine rings is 1. The van der Waals surface area contributed by atoms with Gasteiger partial charge in [0, 0.05) is 24.9 Å². The fraction of sp³-hybridized carbons (Fsp3) is 0.368. The van der Waals surface area contributed by atoms with Crippen molar-refractivity contribution in [1.29, 1.82) is 0 Å². The second-order valence-electron chi connectivity index (χ2n) is 6.20. The number of nitrogens with zero attached hydrogens (tertiary/aromatic N) is 1. The lowest BCUT2D eigenvalue weighted by atomic mass is 10.0. The highest BCUT2D eigenvalue weighted by Crippen LogP contribution is 2.31. The first-order chi connectivity index (χ1) is 11.0. The van der Waals surface area contributed by atoms with E-state index in [0.29, 0.717) is 13.0 Å². The van der Waals surface area contributed by atoms with Crippen LogP contribution in [0.25, 0.3) is 0 Å². The number of amides is 1. The van der Waals surface area contributed by atoms with Crippen LogP contribution in [-0.4, -0.2) is 23.5 Å². The Kier molecular flexibility index (Phi) is 4.33. The first kappa shape index (κ1) is 15.5. The summed E-state index contributed by atoms with van der Waals surface area (Å²) >= 11 is 0. The third kappa shape index (κ3) is 3.52.